The Balaban J connectivity index is 1.83. The van der Waals surface area contributed by atoms with Gasteiger partial charge in [0, 0.05) is 10.7 Å². The highest BCUT2D eigenvalue weighted by Crippen LogP contribution is 2.15. The third kappa shape index (κ3) is 6.51. The molecule has 9 heteroatoms. The molecule has 4 N–H and O–H groups in total. The van der Waals surface area contributed by atoms with Gasteiger partial charge in [0.25, 0.3) is 5.91 Å². The number of benzene rings is 2. The van der Waals surface area contributed by atoms with Crippen molar-refractivity contribution in [2.75, 3.05) is 25.5 Å². The predicted octanol–water partition coefficient (Wildman–Crippen LogP) is 0.908. The number of rotatable bonds is 8. The minimum Gasteiger partial charge on any atom is -0.488 e. The summed E-state index contributed by atoms with van der Waals surface area (Å²) in [6.07, 6.45) is 0. The van der Waals surface area contributed by atoms with E-state index in [1.54, 1.807) is 24.3 Å². The van der Waals surface area contributed by atoms with Crippen LogP contribution < -0.4 is 20.1 Å². The van der Waals surface area contributed by atoms with Gasteiger partial charge < -0.3 is 15.0 Å². The average Bonchev–Trinajstić information content (AvgIpc) is 2.62. The summed E-state index contributed by atoms with van der Waals surface area (Å²) in [6, 6.07) is 12.5. The van der Waals surface area contributed by atoms with Gasteiger partial charge in [-0.15, -0.1) is 0 Å². The molecule has 1 unspecified atom stereocenters. The van der Waals surface area contributed by atoms with Crippen molar-refractivity contribution in [3.8, 4) is 5.75 Å². The van der Waals surface area contributed by atoms with Crippen LogP contribution in [0.3, 0.4) is 0 Å². The highest BCUT2D eigenvalue weighted by atomic mass is 35.5. The van der Waals surface area contributed by atoms with Crippen molar-refractivity contribution in [1.82, 2.24) is 0 Å². The first-order valence-electron chi connectivity index (χ1n) is 8.31. The van der Waals surface area contributed by atoms with Crippen molar-refractivity contribution < 1.29 is 22.8 Å². The van der Waals surface area contributed by atoms with Crippen molar-refractivity contribution in [2.45, 2.75) is 17.9 Å². The molecule has 2 aromatic carbocycles. The third-order valence-corrected chi connectivity index (χ3v) is 5.34. The van der Waals surface area contributed by atoms with Gasteiger partial charge >= 0.3 is 0 Å². The Morgan fingerprint density at radius 1 is 1.19 bits per heavy atom. The maximum absolute atomic E-state index is 12.4. The molecule has 0 bridgehead atoms. The lowest BCUT2D eigenvalue weighted by Gasteiger charge is -2.21. The van der Waals surface area contributed by atoms with Gasteiger partial charge in [-0.25, -0.2) is 13.6 Å². The van der Waals surface area contributed by atoms with Gasteiger partial charge in [-0.3, -0.25) is 4.79 Å². The van der Waals surface area contributed by atoms with Gasteiger partial charge in [-0.05, 0) is 55.5 Å². The molecule has 0 heterocycles. The van der Waals surface area contributed by atoms with Gasteiger partial charge in [0.05, 0.1) is 11.9 Å². The number of nitrogens with two attached hydrogens (primary N) is 1. The molecule has 27 heavy (non-hydrogen) atoms. The molecule has 0 radical (unpaired) electrons. The number of likely N-dealkylation sites (N-methyl/N-ethyl adjacent to an activating group) is 1. The first kappa shape index (κ1) is 21.2. The second kappa shape index (κ2) is 9.18. The molecular formula is C18H23ClN3O4S+. The number of carbonyl (C=O) groups excluding carboxylic acids is 1. The zero-order valence-electron chi connectivity index (χ0n) is 15.1. The number of hydrogen-bond acceptors (Lipinski definition) is 4. The minimum absolute atomic E-state index is 0.00404. The molecule has 0 fully saturated rings. The van der Waals surface area contributed by atoms with E-state index in [-0.39, 0.29) is 16.8 Å². The second-order valence-electron chi connectivity index (χ2n) is 6.18. The molecule has 0 spiro atoms. The van der Waals surface area contributed by atoms with E-state index in [1.165, 1.54) is 24.3 Å². The highest BCUT2D eigenvalue weighted by Gasteiger charge is 2.22. The summed E-state index contributed by atoms with van der Waals surface area (Å²) >= 11 is 5.83. The fourth-order valence-electron chi connectivity index (χ4n) is 2.28. The molecule has 0 aliphatic rings. The number of primary sulfonamides is 1. The van der Waals surface area contributed by atoms with E-state index in [1.807, 2.05) is 14.0 Å². The molecule has 0 aliphatic carbocycles. The summed E-state index contributed by atoms with van der Waals surface area (Å²) in [5.74, 6) is 0.543. The topological polar surface area (TPSA) is 103 Å². The molecule has 2 aromatic rings. The van der Waals surface area contributed by atoms with Gasteiger partial charge in [-0.1, -0.05) is 11.6 Å². The van der Waals surface area contributed by atoms with Crippen molar-refractivity contribution in [3.63, 3.8) is 0 Å². The van der Waals surface area contributed by atoms with E-state index < -0.39 is 10.0 Å². The van der Waals surface area contributed by atoms with E-state index in [0.29, 0.717) is 23.9 Å². The number of halogens is 1. The monoisotopic (exact) mass is 412 g/mol. The smallest absolute Gasteiger partial charge is 0.282 e. The van der Waals surface area contributed by atoms with Gasteiger partial charge in [0.2, 0.25) is 10.0 Å². The largest absolute Gasteiger partial charge is 0.488 e. The number of quaternary nitrogens is 1. The summed E-state index contributed by atoms with van der Waals surface area (Å²) in [5, 5.41) is 8.47. The summed E-state index contributed by atoms with van der Waals surface area (Å²) < 4.78 is 28.1. The Labute approximate surface area is 164 Å². The second-order valence-corrected chi connectivity index (χ2v) is 8.18. The maximum Gasteiger partial charge on any atom is 0.282 e. The summed E-state index contributed by atoms with van der Waals surface area (Å²) in [6.45, 7) is 2.89. The van der Waals surface area contributed by atoms with Crippen LogP contribution >= 0.6 is 11.6 Å². The van der Waals surface area contributed by atoms with Crippen LogP contribution in [0.4, 0.5) is 5.69 Å². The normalized spacial score (nSPS) is 13.6. The maximum atomic E-state index is 12.4. The Morgan fingerprint density at radius 2 is 1.78 bits per heavy atom. The quantitative estimate of drug-likeness (QED) is 0.599. The number of ether oxygens (including phenoxy) is 1. The molecule has 0 aliphatic heterocycles. The highest BCUT2D eigenvalue weighted by molar-refractivity contribution is 7.89. The van der Waals surface area contributed by atoms with Gasteiger partial charge in [-0.2, -0.15) is 0 Å². The van der Waals surface area contributed by atoms with Crippen LogP contribution in [0.2, 0.25) is 5.02 Å². The molecule has 0 aromatic heterocycles. The first-order chi connectivity index (χ1) is 12.7. The summed E-state index contributed by atoms with van der Waals surface area (Å²) in [4.78, 5) is 13.3. The van der Waals surface area contributed by atoms with Crippen LogP contribution in [0.25, 0.3) is 0 Å². The fourth-order valence-corrected chi connectivity index (χ4v) is 2.92. The number of carbonyl (C=O) groups is 1. The Hall–Kier alpha value is -2.13. The molecule has 2 rings (SSSR count). The molecule has 7 nitrogen and oxygen atoms in total. The van der Waals surface area contributed by atoms with Crippen LogP contribution in [-0.4, -0.2) is 40.6 Å². The number of hydrogen-bond donors (Lipinski definition) is 3. The zero-order chi connectivity index (χ0) is 20.0. The molecule has 146 valence electrons. The minimum atomic E-state index is -3.75. The van der Waals surface area contributed by atoms with Gasteiger partial charge in [0.15, 0.2) is 6.04 Å². The van der Waals surface area contributed by atoms with Crippen LogP contribution in [0, 0.1) is 0 Å². The molecule has 1 amide bonds. The number of anilines is 1. The zero-order valence-corrected chi connectivity index (χ0v) is 16.7. The van der Waals surface area contributed by atoms with Crippen LogP contribution in [0.1, 0.15) is 6.92 Å². The summed E-state index contributed by atoms with van der Waals surface area (Å²) in [5.41, 5.74) is 0.504. The standard InChI is InChI=1S/C18H22ClN3O4S/c1-13(22(2)11-12-26-16-7-3-14(19)4-8-16)18(23)21-15-5-9-17(10-6-15)27(20,24)25/h3-10,13H,11-12H2,1-2H3,(H,21,23)(H2,20,24,25)/p+1/t13-/m0/s1. The number of amides is 1. The first-order valence-corrected chi connectivity index (χ1v) is 10.2. The van der Waals surface area contributed by atoms with E-state index in [9.17, 15) is 13.2 Å². The van der Waals surface area contributed by atoms with Crippen molar-refractivity contribution in [1.29, 1.82) is 0 Å². The lowest BCUT2D eigenvalue weighted by molar-refractivity contribution is -0.894. The van der Waals surface area contributed by atoms with Crippen LogP contribution in [-0.2, 0) is 14.8 Å². The number of sulfonamides is 1. The van der Waals surface area contributed by atoms with Crippen molar-refractivity contribution in [3.05, 3.63) is 53.6 Å². The molecule has 0 saturated carbocycles. The van der Waals surface area contributed by atoms with E-state index >= 15 is 0 Å². The fraction of sp³-hybridized carbons (Fsp3) is 0.278. The third-order valence-electron chi connectivity index (χ3n) is 4.16. The lowest BCUT2D eigenvalue weighted by atomic mass is 10.2. The Morgan fingerprint density at radius 3 is 2.33 bits per heavy atom. The SMILES string of the molecule is C[C@@H](C(=O)Nc1ccc(S(N)(=O)=O)cc1)[NH+](C)CCOc1ccc(Cl)cc1. The van der Waals surface area contributed by atoms with Gasteiger partial charge in [0.1, 0.15) is 18.9 Å². The van der Waals surface area contributed by atoms with Crippen molar-refractivity contribution in [2.24, 2.45) is 5.14 Å². The lowest BCUT2D eigenvalue weighted by Crippen LogP contribution is -3.14. The van der Waals surface area contributed by atoms with Crippen LogP contribution in [0.15, 0.2) is 53.4 Å². The van der Waals surface area contributed by atoms with Crippen LogP contribution in [0.5, 0.6) is 5.75 Å². The van der Waals surface area contributed by atoms with E-state index in [2.05, 4.69) is 5.32 Å². The Kier molecular flexibility index (Phi) is 7.20. The molecule has 0 saturated heterocycles. The Bertz CT molecular complexity index is 870. The molecular weight excluding hydrogens is 390 g/mol. The average molecular weight is 413 g/mol. The summed E-state index contributed by atoms with van der Waals surface area (Å²) in [7, 11) is -1.85. The predicted molar refractivity (Wildman–Crippen MR) is 105 cm³/mol. The number of nitrogens with one attached hydrogen (secondary N) is 2. The molecule has 2 atom stereocenters. The van der Waals surface area contributed by atoms with E-state index in [4.69, 9.17) is 21.5 Å². The van der Waals surface area contributed by atoms with Crippen molar-refractivity contribution >= 4 is 33.2 Å². The van der Waals surface area contributed by atoms with E-state index in [0.717, 1.165) is 10.6 Å².